The number of hydrogen-bond donors (Lipinski definition) is 1. The van der Waals surface area contributed by atoms with E-state index in [9.17, 15) is 0 Å². The zero-order valence-corrected chi connectivity index (χ0v) is 11.1. The van der Waals surface area contributed by atoms with Gasteiger partial charge in [0.15, 0.2) is 0 Å². The maximum Gasteiger partial charge on any atom is 0.104 e. The second kappa shape index (κ2) is 6.95. The second-order valence-electron chi connectivity index (χ2n) is 5.06. The van der Waals surface area contributed by atoms with Gasteiger partial charge in [0, 0.05) is 19.7 Å². The molecule has 0 amide bonds. The average molecular weight is 239 g/mol. The normalized spacial score (nSPS) is 25.9. The molecule has 0 saturated carbocycles. The van der Waals surface area contributed by atoms with E-state index in [2.05, 4.69) is 17.9 Å². The Kier molecular flexibility index (Phi) is 5.90. The fourth-order valence-corrected chi connectivity index (χ4v) is 2.21. The largest absolute Gasteiger partial charge is 0.377 e. The van der Waals surface area contributed by atoms with Crippen molar-refractivity contribution in [2.75, 3.05) is 26.2 Å². The zero-order chi connectivity index (χ0) is 12.7. The zero-order valence-electron chi connectivity index (χ0n) is 11.1. The molecule has 1 heterocycles. The molecule has 17 heavy (non-hydrogen) atoms. The Morgan fingerprint density at radius 1 is 1.59 bits per heavy atom. The lowest BCUT2D eigenvalue weighted by molar-refractivity contribution is 0.0674. The minimum Gasteiger partial charge on any atom is -0.377 e. The first-order chi connectivity index (χ1) is 8.09. The molecule has 98 valence electrons. The van der Waals surface area contributed by atoms with Crippen LogP contribution in [0.2, 0.25) is 0 Å². The molecule has 0 radical (unpaired) electrons. The van der Waals surface area contributed by atoms with Crippen molar-refractivity contribution in [2.24, 2.45) is 5.73 Å². The highest BCUT2D eigenvalue weighted by Gasteiger charge is 2.22. The molecule has 0 aromatic rings. The lowest BCUT2D eigenvalue weighted by Gasteiger charge is -2.24. The molecule has 1 aliphatic rings. The lowest BCUT2D eigenvalue weighted by Crippen LogP contribution is -2.39. The standard InChI is InChI=1S/C13H25N3O/c1-3-13(15,11-14)6-4-7-16-8-5-9-17-12(2)10-16/h12H,3-10,15H2,1-2H3. The number of nitrogens with zero attached hydrogens (tertiary/aromatic N) is 2. The summed E-state index contributed by atoms with van der Waals surface area (Å²) in [4.78, 5) is 2.42. The van der Waals surface area contributed by atoms with Crippen molar-refractivity contribution in [2.45, 2.75) is 51.2 Å². The van der Waals surface area contributed by atoms with E-state index in [4.69, 9.17) is 15.7 Å². The summed E-state index contributed by atoms with van der Waals surface area (Å²) < 4.78 is 5.60. The average Bonchev–Trinajstić information content (AvgIpc) is 2.53. The van der Waals surface area contributed by atoms with Crippen LogP contribution in [0.3, 0.4) is 0 Å². The Morgan fingerprint density at radius 3 is 3.00 bits per heavy atom. The van der Waals surface area contributed by atoms with E-state index in [0.717, 1.165) is 51.9 Å². The first-order valence-electron chi connectivity index (χ1n) is 6.64. The van der Waals surface area contributed by atoms with Gasteiger partial charge >= 0.3 is 0 Å². The Morgan fingerprint density at radius 2 is 2.35 bits per heavy atom. The van der Waals surface area contributed by atoms with Crippen molar-refractivity contribution >= 4 is 0 Å². The maximum absolute atomic E-state index is 9.00. The van der Waals surface area contributed by atoms with E-state index in [1.54, 1.807) is 0 Å². The van der Waals surface area contributed by atoms with E-state index in [1.165, 1.54) is 0 Å². The van der Waals surface area contributed by atoms with Crippen molar-refractivity contribution in [1.29, 1.82) is 5.26 Å². The minimum atomic E-state index is -0.631. The monoisotopic (exact) mass is 239 g/mol. The third-order valence-electron chi connectivity index (χ3n) is 3.49. The van der Waals surface area contributed by atoms with Crippen molar-refractivity contribution in [3.05, 3.63) is 0 Å². The summed E-state index contributed by atoms with van der Waals surface area (Å²) in [6.45, 7) is 8.08. The summed E-state index contributed by atoms with van der Waals surface area (Å²) >= 11 is 0. The van der Waals surface area contributed by atoms with Crippen molar-refractivity contribution in [3.8, 4) is 6.07 Å². The molecule has 1 rings (SSSR count). The number of nitrogens with two attached hydrogens (primary N) is 1. The molecular weight excluding hydrogens is 214 g/mol. The topological polar surface area (TPSA) is 62.3 Å². The molecule has 0 bridgehead atoms. The summed E-state index contributed by atoms with van der Waals surface area (Å²) in [7, 11) is 0. The van der Waals surface area contributed by atoms with E-state index in [-0.39, 0.29) is 0 Å². The number of ether oxygens (including phenoxy) is 1. The predicted octanol–water partition coefficient (Wildman–Crippen LogP) is 1.51. The highest BCUT2D eigenvalue weighted by molar-refractivity contribution is 5.03. The lowest BCUT2D eigenvalue weighted by atomic mass is 9.93. The number of nitriles is 1. The molecule has 0 aromatic carbocycles. The SMILES string of the molecule is CCC(N)(C#N)CCCN1CCCOC(C)C1. The van der Waals surface area contributed by atoms with Gasteiger partial charge in [-0.05, 0) is 39.2 Å². The number of rotatable bonds is 5. The van der Waals surface area contributed by atoms with E-state index < -0.39 is 5.54 Å². The fourth-order valence-electron chi connectivity index (χ4n) is 2.21. The van der Waals surface area contributed by atoms with Crippen molar-refractivity contribution in [3.63, 3.8) is 0 Å². The Bertz CT molecular complexity index is 264. The summed E-state index contributed by atoms with van der Waals surface area (Å²) in [5.41, 5.74) is 5.34. The van der Waals surface area contributed by atoms with E-state index >= 15 is 0 Å². The van der Waals surface area contributed by atoms with Gasteiger partial charge in [0.05, 0.1) is 12.2 Å². The smallest absolute Gasteiger partial charge is 0.104 e. The summed E-state index contributed by atoms with van der Waals surface area (Å²) in [5, 5.41) is 9.00. The maximum atomic E-state index is 9.00. The number of hydrogen-bond acceptors (Lipinski definition) is 4. The minimum absolute atomic E-state index is 0.322. The molecule has 1 aliphatic heterocycles. The molecule has 2 unspecified atom stereocenters. The van der Waals surface area contributed by atoms with Gasteiger partial charge < -0.3 is 15.4 Å². The van der Waals surface area contributed by atoms with Gasteiger partial charge in [0.1, 0.15) is 5.54 Å². The second-order valence-corrected chi connectivity index (χ2v) is 5.06. The summed E-state index contributed by atoms with van der Waals surface area (Å²) in [6, 6.07) is 2.22. The first-order valence-corrected chi connectivity index (χ1v) is 6.64. The summed E-state index contributed by atoms with van der Waals surface area (Å²) in [6.07, 6.45) is 3.92. The van der Waals surface area contributed by atoms with Crippen LogP contribution in [-0.2, 0) is 4.74 Å². The van der Waals surface area contributed by atoms with Gasteiger partial charge in [-0.1, -0.05) is 6.92 Å². The predicted molar refractivity (Wildman–Crippen MR) is 68.5 cm³/mol. The van der Waals surface area contributed by atoms with Gasteiger partial charge in [-0.25, -0.2) is 0 Å². The van der Waals surface area contributed by atoms with Crippen molar-refractivity contribution in [1.82, 2.24) is 4.90 Å². The molecule has 2 atom stereocenters. The van der Waals surface area contributed by atoms with Crippen LogP contribution >= 0.6 is 0 Å². The van der Waals surface area contributed by atoms with Gasteiger partial charge in [-0.2, -0.15) is 5.26 Å². The van der Waals surface area contributed by atoms with E-state index in [1.807, 2.05) is 6.92 Å². The molecule has 4 nitrogen and oxygen atoms in total. The van der Waals surface area contributed by atoms with E-state index in [0.29, 0.717) is 6.10 Å². The van der Waals surface area contributed by atoms with Crippen molar-refractivity contribution < 1.29 is 4.74 Å². The Balaban J connectivity index is 2.28. The Hall–Kier alpha value is -0.630. The van der Waals surface area contributed by atoms with Gasteiger partial charge in [0.2, 0.25) is 0 Å². The molecule has 1 saturated heterocycles. The van der Waals surface area contributed by atoms with Crippen LogP contribution in [0.4, 0.5) is 0 Å². The highest BCUT2D eigenvalue weighted by atomic mass is 16.5. The van der Waals surface area contributed by atoms with Gasteiger partial charge in [-0.15, -0.1) is 0 Å². The van der Waals surface area contributed by atoms with Crippen LogP contribution < -0.4 is 5.73 Å². The third-order valence-corrected chi connectivity index (χ3v) is 3.49. The molecule has 0 spiro atoms. The first kappa shape index (κ1) is 14.4. The molecule has 1 fully saturated rings. The third kappa shape index (κ3) is 5.03. The Labute approximate surface area is 105 Å². The van der Waals surface area contributed by atoms with Gasteiger partial charge in [-0.3, -0.25) is 0 Å². The van der Waals surface area contributed by atoms with Crippen LogP contribution in [0, 0.1) is 11.3 Å². The summed E-state index contributed by atoms with van der Waals surface area (Å²) in [5.74, 6) is 0. The molecule has 0 aromatic heterocycles. The quantitative estimate of drug-likeness (QED) is 0.790. The van der Waals surface area contributed by atoms with Crippen LogP contribution in [0.5, 0.6) is 0 Å². The highest BCUT2D eigenvalue weighted by Crippen LogP contribution is 2.14. The molecule has 0 aliphatic carbocycles. The molecule has 2 N–H and O–H groups in total. The van der Waals surface area contributed by atoms with Crippen LogP contribution in [-0.4, -0.2) is 42.8 Å². The van der Waals surface area contributed by atoms with Gasteiger partial charge in [0.25, 0.3) is 0 Å². The molecule has 4 heteroatoms. The van der Waals surface area contributed by atoms with Crippen LogP contribution in [0.15, 0.2) is 0 Å². The fraction of sp³-hybridized carbons (Fsp3) is 0.923. The van der Waals surface area contributed by atoms with Crippen LogP contribution in [0.25, 0.3) is 0 Å². The van der Waals surface area contributed by atoms with Crippen LogP contribution in [0.1, 0.15) is 39.5 Å². The molecular formula is C13H25N3O.